The fourth-order valence-electron chi connectivity index (χ4n) is 3.20. The summed E-state index contributed by atoms with van der Waals surface area (Å²) in [6.07, 6.45) is 0. The molecule has 0 aliphatic rings. The molecule has 1 unspecified atom stereocenters. The van der Waals surface area contributed by atoms with Crippen LogP contribution in [-0.2, 0) is 13.1 Å². The van der Waals surface area contributed by atoms with Gasteiger partial charge in [0.05, 0.1) is 12.2 Å². The van der Waals surface area contributed by atoms with Crippen LogP contribution in [0.5, 0.6) is 0 Å². The fraction of sp³-hybridized carbons (Fsp3) is 0.318. The highest BCUT2D eigenvalue weighted by atomic mass is 35.5. The van der Waals surface area contributed by atoms with Crippen molar-refractivity contribution in [1.82, 2.24) is 15.1 Å². The predicted octanol–water partition coefficient (Wildman–Crippen LogP) is 5.36. The smallest absolute Gasteiger partial charge is 0.0662 e. The highest BCUT2D eigenvalue weighted by Crippen LogP contribution is 2.23. The van der Waals surface area contributed by atoms with Gasteiger partial charge in [-0.05, 0) is 44.9 Å². The highest BCUT2D eigenvalue weighted by molar-refractivity contribution is 6.31. The number of rotatable bonds is 6. The second-order valence-corrected chi connectivity index (χ2v) is 7.32. The van der Waals surface area contributed by atoms with Gasteiger partial charge in [-0.25, -0.2) is 0 Å². The standard InChI is InChI=1S/C22H26ClN3/c1-15-9-11-19(12-10-15)14-26-18(4)21(17(3)25-26)13-24-16(2)20-7-5-6-8-22(20)23/h5-12,16,24H,13-14H2,1-4H3. The Morgan fingerprint density at radius 1 is 1.04 bits per heavy atom. The lowest BCUT2D eigenvalue weighted by Crippen LogP contribution is -2.19. The molecule has 3 nitrogen and oxygen atoms in total. The number of nitrogens with one attached hydrogen (secondary N) is 1. The monoisotopic (exact) mass is 367 g/mol. The fourth-order valence-corrected chi connectivity index (χ4v) is 3.50. The second kappa shape index (κ2) is 8.07. The molecule has 0 fully saturated rings. The lowest BCUT2D eigenvalue weighted by Gasteiger charge is -2.16. The van der Waals surface area contributed by atoms with Gasteiger partial charge in [-0.1, -0.05) is 59.6 Å². The maximum Gasteiger partial charge on any atom is 0.0662 e. The number of aromatic nitrogens is 2. The Morgan fingerprint density at radius 3 is 2.42 bits per heavy atom. The Kier molecular flexibility index (Phi) is 5.80. The molecule has 136 valence electrons. The van der Waals surface area contributed by atoms with E-state index in [0.717, 1.165) is 29.4 Å². The molecule has 0 saturated heterocycles. The number of nitrogens with zero attached hydrogens (tertiary/aromatic N) is 2. The van der Waals surface area contributed by atoms with E-state index >= 15 is 0 Å². The minimum Gasteiger partial charge on any atom is -0.306 e. The van der Waals surface area contributed by atoms with Crippen molar-refractivity contribution in [3.8, 4) is 0 Å². The zero-order valence-electron chi connectivity index (χ0n) is 15.9. The first-order chi connectivity index (χ1) is 12.5. The largest absolute Gasteiger partial charge is 0.306 e. The third-order valence-electron chi connectivity index (χ3n) is 4.94. The molecule has 1 N–H and O–H groups in total. The minimum absolute atomic E-state index is 0.183. The van der Waals surface area contributed by atoms with E-state index in [1.54, 1.807) is 0 Å². The molecule has 1 heterocycles. The van der Waals surface area contributed by atoms with E-state index in [0.29, 0.717) is 0 Å². The van der Waals surface area contributed by atoms with Crippen molar-refractivity contribution in [3.63, 3.8) is 0 Å². The van der Waals surface area contributed by atoms with Gasteiger partial charge in [-0.3, -0.25) is 4.68 Å². The summed E-state index contributed by atoms with van der Waals surface area (Å²) >= 11 is 6.31. The van der Waals surface area contributed by atoms with Gasteiger partial charge in [-0.15, -0.1) is 0 Å². The third kappa shape index (κ3) is 4.17. The van der Waals surface area contributed by atoms with Gasteiger partial charge in [0.1, 0.15) is 0 Å². The van der Waals surface area contributed by atoms with E-state index in [1.165, 1.54) is 22.4 Å². The van der Waals surface area contributed by atoms with Crippen molar-refractivity contribution < 1.29 is 0 Å². The Labute approximate surface area is 161 Å². The Bertz CT molecular complexity index is 881. The van der Waals surface area contributed by atoms with Crippen LogP contribution in [0.2, 0.25) is 5.02 Å². The number of aryl methyl sites for hydroxylation is 2. The molecule has 0 aliphatic heterocycles. The average molecular weight is 368 g/mol. The van der Waals surface area contributed by atoms with Crippen LogP contribution >= 0.6 is 11.6 Å². The molecule has 2 aromatic carbocycles. The zero-order valence-corrected chi connectivity index (χ0v) is 16.6. The molecule has 0 bridgehead atoms. The molecule has 4 heteroatoms. The maximum atomic E-state index is 6.31. The number of hydrogen-bond donors (Lipinski definition) is 1. The lowest BCUT2D eigenvalue weighted by atomic mass is 10.1. The van der Waals surface area contributed by atoms with E-state index in [1.807, 2.05) is 18.2 Å². The summed E-state index contributed by atoms with van der Waals surface area (Å²) in [5, 5.41) is 9.13. The lowest BCUT2D eigenvalue weighted by molar-refractivity contribution is 0.571. The molecule has 26 heavy (non-hydrogen) atoms. The molecule has 1 aromatic heterocycles. The minimum atomic E-state index is 0.183. The quantitative estimate of drug-likeness (QED) is 0.635. The van der Waals surface area contributed by atoms with Gasteiger partial charge in [0.2, 0.25) is 0 Å². The first kappa shape index (κ1) is 18.7. The first-order valence-corrected chi connectivity index (χ1v) is 9.39. The van der Waals surface area contributed by atoms with Crippen LogP contribution in [0.25, 0.3) is 0 Å². The van der Waals surface area contributed by atoms with E-state index in [2.05, 4.69) is 68.0 Å². The summed E-state index contributed by atoms with van der Waals surface area (Å²) in [6.45, 7) is 10.0. The highest BCUT2D eigenvalue weighted by Gasteiger charge is 2.14. The van der Waals surface area contributed by atoms with Crippen LogP contribution in [-0.4, -0.2) is 9.78 Å². The predicted molar refractivity (Wildman–Crippen MR) is 109 cm³/mol. The van der Waals surface area contributed by atoms with Crippen molar-refractivity contribution in [3.05, 3.63) is 87.2 Å². The average Bonchev–Trinajstić information content (AvgIpc) is 2.88. The second-order valence-electron chi connectivity index (χ2n) is 6.92. The number of hydrogen-bond acceptors (Lipinski definition) is 2. The van der Waals surface area contributed by atoms with Crippen molar-refractivity contribution in [2.75, 3.05) is 0 Å². The van der Waals surface area contributed by atoms with Gasteiger partial charge >= 0.3 is 0 Å². The summed E-state index contributed by atoms with van der Waals surface area (Å²) in [5.41, 5.74) is 7.22. The maximum absolute atomic E-state index is 6.31. The summed E-state index contributed by atoms with van der Waals surface area (Å²) < 4.78 is 2.09. The van der Waals surface area contributed by atoms with Crippen LogP contribution in [0.3, 0.4) is 0 Å². The van der Waals surface area contributed by atoms with Gasteiger partial charge in [0.25, 0.3) is 0 Å². The zero-order chi connectivity index (χ0) is 18.7. The Balaban J connectivity index is 1.72. The van der Waals surface area contributed by atoms with Crippen LogP contribution in [0.4, 0.5) is 0 Å². The van der Waals surface area contributed by atoms with Crippen molar-refractivity contribution in [2.45, 2.75) is 46.8 Å². The Hall–Kier alpha value is -2.10. The normalized spacial score (nSPS) is 12.3. The van der Waals surface area contributed by atoms with Crippen LogP contribution in [0.15, 0.2) is 48.5 Å². The molecule has 3 rings (SSSR count). The molecule has 3 aromatic rings. The van der Waals surface area contributed by atoms with Crippen molar-refractivity contribution in [1.29, 1.82) is 0 Å². The van der Waals surface area contributed by atoms with E-state index in [9.17, 15) is 0 Å². The number of benzene rings is 2. The first-order valence-electron chi connectivity index (χ1n) is 9.02. The van der Waals surface area contributed by atoms with E-state index < -0.39 is 0 Å². The van der Waals surface area contributed by atoms with Gasteiger partial charge in [0.15, 0.2) is 0 Å². The summed E-state index contributed by atoms with van der Waals surface area (Å²) in [5.74, 6) is 0. The number of halogens is 1. The third-order valence-corrected chi connectivity index (χ3v) is 5.29. The van der Waals surface area contributed by atoms with Gasteiger partial charge in [-0.2, -0.15) is 5.10 Å². The molecule has 1 atom stereocenters. The van der Waals surface area contributed by atoms with Crippen LogP contribution < -0.4 is 5.32 Å². The molecule has 0 amide bonds. The van der Waals surface area contributed by atoms with Gasteiger partial charge in [0, 0.05) is 28.9 Å². The molecular formula is C22H26ClN3. The topological polar surface area (TPSA) is 29.9 Å². The van der Waals surface area contributed by atoms with Gasteiger partial charge < -0.3 is 5.32 Å². The molecule has 0 spiro atoms. The van der Waals surface area contributed by atoms with Crippen molar-refractivity contribution in [2.24, 2.45) is 0 Å². The SMILES string of the molecule is Cc1ccc(Cn2nc(C)c(CNC(C)c3ccccc3Cl)c2C)cc1. The van der Waals surface area contributed by atoms with E-state index in [-0.39, 0.29) is 6.04 Å². The summed E-state index contributed by atoms with van der Waals surface area (Å²) in [7, 11) is 0. The molecule has 0 saturated carbocycles. The molecule has 0 aliphatic carbocycles. The Morgan fingerprint density at radius 2 is 1.73 bits per heavy atom. The van der Waals surface area contributed by atoms with E-state index in [4.69, 9.17) is 16.7 Å². The molecular weight excluding hydrogens is 342 g/mol. The summed E-state index contributed by atoms with van der Waals surface area (Å²) in [6, 6.07) is 16.8. The molecule has 0 radical (unpaired) electrons. The summed E-state index contributed by atoms with van der Waals surface area (Å²) in [4.78, 5) is 0. The van der Waals surface area contributed by atoms with Crippen LogP contribution in [0, 0.1) is 20.8 Å². The van der Waals surface area contributed by atoms with Crippen LogP contribution in [0.1, 0.15) is 46.6 Å². The van der Waals surface area contributed by atoms with Crippen molar-refractivity contribution >= 4 is 11.6 Å².